The van der Waals surface area contributed by atoms with Crippen LogP contribution in [0, 0.1) is 0 Å². The van der Waals surface area contributed by atoms with Crippen LogP contribution in [0.5, 0.6) is 0 Å². The van der Waals surface area contributed by atoms with E-state index in [1.54, 1.807) is 0 Å². The molecule has 1 aliphatic carbocycles. The number of benzene rings is 1. The molecule has 0 saturated carbocycles. The third kappa shape index (κ3) is 3.77. The van der Waals surface area contributed by atoms with Gasteiger partial charge in [-0.25, -0.2) is 4.79 Å². The second kappa shape index (κ2) is 6.79. The summed E-state index contributed by atoms with van der Waals surface area (Å²) in [7, 11) is 0. The van der Waals surface area contributed by atoms with Gasteiger partial charge in [0.25, 0.3) is 0 Å². The van der Waals surface area contributed by atoms with E-state index in [4.69, 9.17) is 4.74 Å². The number of carbonyl (C=O) groups is 1. The lowest BCUT2D eigenvalue weighted by molar-refractivity contribution is 0.0526. The van der Waals surface area contributed by atoms with E-state index < -0.39 is 5.60 Å². The quantitative estimate of drug-likeness (QED) is 0.814. The number of ether oxygens (including phenoxy) is 1. The molecule has 0 saturated heterocycles. The average molecular weight is 393 g/mol. The van der Waals surface area contributed by atoms with Crippen LogP contribution in [0.15, 0.2) is 22.7 Å². The number of rotatable bonds is 3. The Hall–Kier alpha value is -1.49. The predicted octanol–water partition coefficient (Wildman–Crippen LogP) is 4.81. The highest BCUT2D eigenvalue weighted by molar-refractivity contribution is 9.10. The molecule has 24 heavy (non-hydrogen) atoms. The number of hydrogen-bond donors (Lipinski definition) is 1. The van der Waals surface area contributed by atoms with Gasteiger partial charge in [-0.3, -0.25) is 0 Å². The van der Waals surface area contributed by atoms with Gasteiger partial charge in [-0.15, -0.1) is 0 Å². The van der Waals surface area contributed by atoms with Crippen LogP contribution in [-0.4, -0.2) is 22.8 Å². The number of aryl methyl sites for hydroxylation is 1. The summed E-state index contributed by atoms with van der Waals surface area (Å²) < 4.78 is 8.79. The van der Waals surface area contributed by atoms with Crippen molar-refractivity contribution in [1.29, 1.82) is 0 Å². The van der Waals surface area contributed by atoms with Crippen molar-refractivity contribution < 1.29 is 9.53 Å². The number of alkyl carbamates (subject to hydrolysis) is 1. The van der Waals surface area contributed by atoms with Crippen LogP contribution in [0.25, 0.3) is 10.9 Å². The van der Waals surface area contributed by atoms with Gasteiger partial charge in [-0.1, -0.05) is 15.9 Å². The van der Waals surface area contributed by atoms with Crippen LogP contribution in [-0.2, 0) is 24.1 Å². The number of nitrogens with zero attached hydrogens (tertiary/aromatic N) is 1. The van der Waals surface area contributed by atoms with Gasteiger partial charge in [-0.05, 0) is 70.2 Å². The lowest BCUT2D eigenvalue weighted by Gasteiger charge is -2.20. The number of amides is 1. The maximum atomic E-state index is 11.8. The van der Waals surface area contributed by atoms with Crippen LogP contribution in [0.1, 0.15) is 44.9 Å². The number of halogens is 1. The highest BCUT2D eigenvalue weighted by Gasteiger charge is 2.20. The zero-order chi connectivity index (χ0) is 17.3. The third-order valence-electron chi connectivity index (χ3n) is 4.34. The van der Waals surface area contributed by atoms with Crippen molar-refractivity contribution >= 4 is 32.9 Å². The molecule has 1 aliphatic rings. The summed E-state index contributed by atoms with van der Waals surface area (Å²) >= 11 is 3.59. The molecule has 1 aromatic heterocycles. The van der Waals surface area contributed by atoms with Gasteiger partial charge in [0, 0.05) is 34.2 Å². The molecule has 1 heterocycles. The fourth-order valence-electron chi connectivity index (χ4n) is 3.45. The summed E-state index contributed by atoms with van der Waals surface area (Å²) in [6, 6.07) is 6.48. The zero-order valence-corrected chi connectivity index (χ0v) is 16.2. The van der Waals surface area contributed by atoms with Gasteiger partial charge in [0.05, 0.1) is 0 Å². The van der Waals surface area contributed by atoms with Crippen LogP contribution >= 0.6 is 15.9 Å². The second-order valence-corrected chi connectivity index (χ2v) is 8.29. The van der Waals surface area contributed by atoms with Crippen molar-refractivity contribution in [2.75, 3.05) is 6.54 Å². The molecule has 0 bridgehead atoms. The predicted molar refractivity (Wildman–Crippen MR) is 101 cm³/mol. The van der Waals surface area contributed by atoms with E-state index in [2.05, 4.69) is 44.0 Å². The number of nitrogens with one attached hydrogen (secondary N) is 1. The highest BCUT2D eigenvalue weighted by Crippen LogP contribution is 2.33. The lowest BCUT2D eigenvalue weighted by atomic mass is 9.96. The minimum Gasteiger partial charge on any atom is -0.444 e. The fraction of sp³-hybridized carbons (Fsp3) is 0.526. The Labute approximate surface area is 151 Å². The Kier molecular flexibility index (Phi) is 4.90. The van der Waals surface area contributed by atoms with E-state index in [0.29, 0.717) is 6.54 Å². The normalized spacial score (nSPS) is 14.5. The number of fused-ring (bicyclic) bond motifs is 3. The van der Waals surface area contributed by atoms with Gasteiger partial charge >= 0.3 is 6.09 Å². The van der Waals surface area contributed by atoms with E-state index in [9.17, 15) is 4.79 Å². The third-order valence-corrected chi connectivity index (χ3v) is 4.84. The molecule has 0 unspecified atom stereocenters. The second-order valence-electron chi connectivity index (χ2n) is 7.37. The van der Waals surface area contributed by atoms with E-state index in [1.807, 2.05) is 20.8 Å². The lowest BCUT2D eigenvalue weighted by Crippen LogP contribution is -2.34. The highest BCUT2D eigenvalue weighted by atomic mass is 79.9. The summed E-state index contributed by atoms with van der Waals surface area (Å²) in [5.74, 6) is 0. The van der Waals surface area contributed by atoms with Crippen molar-refractivity contribution in [3.8, 4) is 0 Å². The molecule has 2 aromatic rings. The zero-order valence-electron chi connectivity index (χ0n) is 14.6. The van der Waals surface area contributed by atoms with Crippen LogP contribution in [0.2, 0.25) is 0 Å². The topological polar surface area (TPSA) is 43.3 Å². The van der Waals surface area contributed by atoms with Crippen molar-refractivity contribution in [1.82, 2.24) is 9.88 Å². The van der Waals surface area contributed by atoms with E-state index in [1.165, 1.54) is 35.0 Å². The summed E-state index contributed by atoms with van der Waals surface area (Å²) in [4.78, 5) is 11.8. The summed E-state index contributed by atoms with van der Waals surface area (Å²) in [5, 5.41) is 4.21. The molecule has 3 rings (SSSR count). The largest absolute Gasteiger partial charge is 0.444 e. The van der Waals surface area contributed by atoms with Crippen LogP contribution in [0.3, 0.4) is 0 Å². The van der Waals surface area contributed by atoms with E-state index in [-0.39, 0.29) is 6.09 Å². The number of hydrogen-bond acceptors (Lipinski definition) is 2. The van der Waals surface area contributed by atoms with E-state index >= 15 is 0 Å². The molecule has 1 aromatic carbocycles. The monoisotopic (exact) mass is 392 g/mol. The molecular formula is C19H25BrN2O2. The van der Waals surface area contributed by atoms with Crippen LogP contribution < -0.4 is 5.32 Å². The summed E-state index contributed by atoms with van der Waals surface area (Å²) in [5.41, 5.74) is 3.71. The Bertz CT molecular complexity index is 759. The molecule has 1 N–H and O–H groups in total. The Morgan fingerprint density at radius 2 is 2.04 bits per heavy atom. The molecule has 0 aliphatic heterocycles. The molecule has 4 nitrogen and oxygen atoms in total. The first kappa shape index (κ1) is 17.3. The molecule has 1 amide bonds. The van der Waals surface area contributed by atoms with Gasteiger partial charge in [0.1, 0.15) is 5.60 Å². The fourth-order valence-corrected chi connectivity index (χ4v) is 3.81. The maximum absolute atomic E-state index is 11.8. The van der Waals surface area contributed by atoms with Gasteiger partial charge in [0.2, 0.25) is 0 Å². The molecule has 0 spiro atoms. The van der Waals surface area contributed by atoms with Crippen LogP contribution in [0.4, 0.5) is 4.79 Å². The maximum Gasteiger partial charge on any atom is 0.407 e. The molecule has 0 atom stereocenters. The first-order valence-corrected chi connectivity index (χ1v) is 9.41. The van der Waals surface area contributed by atoms with Gasteiger partial charge in [0.15, 0.2) is 0 Å². The first-order valence-electron chi connectivity index (χ1n) is 8.61. The molecule has 0 fully saturated rings. The summed E-state index contributed by atoms with van der Waals surface area (Å²) in [6.45, 7) is 6.97. The van der Waals surface area contributed by atoms with Gasteiger partial charge in [-0.2, -0.15) is 0 Å². The Morgan fingerprint density at radius 3 is 2.79 bits per heavy atom. The molecular weight excluding hydrogens is 368 g/mol. The first-order chi connectivity index (χ1) is 11.3. The average Bonchev–Trinajstić information content (AvgIpc) is 2.79. The Morgan fingerprint density at radius 1 is 1.29 bits per heavy atom. The smallest absolute Gasteiger partial charge is 0.407 e. The molecule has 0 radical (unpaired) electrons. The standard InChI is InChI=1S/C19H25BrN2O2/c1-19(2,3)24-18(23)21-10-11-22-16-7-5-4-6-14(16)15-12-13(20)8-9-17(15)22/h8-9,12H,4-7,10-11H2,1-3H3,(H,21,23). The molecule has 130 valence electrons. The van der Waals surface area contributed by atoms with Crippen molar-refractivity contribution in [3.63, 3.8) is 0 Å². The van der Waals surface area contributed by atoms with Crippen molar-refractivity contribution in [3.05, 3.63) is 33.9 Å². The van der Waals surface area contributed by atoms with E-state index in [0.717, 1.165) is 23.9 Å². The van der Waals surface area contributed by atoms with Gasteiger partial charge < -0.3 is 14.6 Å². The minimum atomic E-state index is -0.463. The SMILES string of the molecule is CC(C)(C)OC(=O)NCCn1c2c(c3cc(Br)ccc31)CCCC2. The number of carbonyl (C=O) groups excluding carboxylic acids is 1. The Balaban J connectivity index is 1.78. The molecule has 5 heteroatoms. The summed E-state index contributed by atoms with van der Waals surface area (Å²) in [6.07, 6.45) is 4.41. The number of aromatic nitrogens is 1. The van der Waals surface area contributed by atoms with Crippen molar-refractivity contribution in [2.45, 2.75) is 58.6 Å². The van der Waals surface area contributed by atoms with Crippen molar-refractivity contribution in [2.24, 2.45) is 0 Å². The minimum absolute atomic E-state index is 0.351.